The number of nitrogens with one attached hydrogen (secondary N) is 1. The molecule has 2 aromatic rings. The lowest BCUT2D eigenvalue weighted by Crippen LogP contribution is -2.09. The van der Waals surface area contributed by atoms with Crippen molar-refractivity contribution in [1.82, 2.24) is 0 Å². The van der Waals surface area contributed by atoms with E-state index in [-0.39, 0.29) is 11.8 Å². The molecule has 2 N–H and O–H groups in total. The van der Waals surface area contributed by atoms with Crippen molar-refractivity contribution in [1.29, 1.82) is 0 Å². The molecule has 3 heteroatoms. The number of anilines is 1. The van der Waals surface area contributed by atoms with Gasteiger partial charge >= 0.3 is 0 Å². The minimum Gasteiger partial charge on any atom is -0.508 e. The Morgan fingerprint density at radius 1 is 1.16 bits per heavy atom. The molecule has 100 valence electrons. The van der Waals surface area contributed by atoms with Gasteiger partial charge in [0.25, 0.3) is 0 Å². The Morgan fingerprint density at radius 3 is 2.42 bits per heavy atom. The third-order valence-corrected chi connectivity index (χ3v) is 3.47. The number of hydrogen-bond donors (Lipinski definition) is 2. The zero-order valence-corrected chi connectivity index (χ0v) is 11.9. The highest BCUT2D eigenvalue weighted by atomic mass is 35.5. The summed E-state index contributed by atoms with van der Waals surface area (Å²) >= 11 is 6.24. The summed E-state index contributed by atoms with van der Waals surface area (Å²) in [5, 5.41) is 13.5. The zero-order chi connectivity index (χ0) is 13.8. The molecule has 1 atom stereocenters. The van der Waals surface area contributed by atoms with Crippen LogP contribution in [0.15, 0.2) is 42.5 Å². The second kappa shape index (κ2) is 5.98. The SMILES string of the molecule is CCC(Nc1ccc(C)cc1Cl)c1ccc(O)cc1. The molecule has 0 spiro atoms. The third-order valence-electron chi connectivity index (χ3n) is 3.16. The lowest BCUT2D eigenvalue weighted by atomic mass is 10.0. The standard InChI is InChI=1S/C16H18ClNO/c1-3-15(12-5-7-13(19)8-6-12)18-16-9-4-11(2)10-14(16)17/h4-10,15,18-19H,3H2,1-2H3. The van der Waals surface area contributed by atoms with Crippen LogP contribution in [0.4, 0.5) is 5.69 Å². The second-order valence-electron chi connectivity index (χ2n) is 4.68. The van der Waals surface area contributed by atoms with Gasteiger partial charge in [-0.25, -0.2) is 0 Å². The van der Waals surface area contributed by atoms with Crippen LogP contribution in [0.2, 0.25) is 5.02 Å². The molecule has 0 aliphatic heterocycles. The van der Waals surface area contributed by atoms with Gasteiger partial charge in [0.15, 0.2) is 0 Å². The normalized spacial score (nSPS) is 12.2. The van der Waals surface area contributed by atoms with Crippen molar-refractivity contribution < 1.29 is 5.11 Å². The number of halogens is 1. The molecule has 0 saturated carbocycles. The van der Waals surface area contributed by atoms with Gasteiger partial charge in [0.2, 0.25) is 0 Å². The first-order chi connectivity index (χ1) is 9.10. The molecule has 2 rings (SSSR count). The molecule has 19 heavy (non-hydrogen) atoms. The van der Waals surface area contributed by atoms with Crippen LogP contribution in [-0.2, 0) is 0 Å². The van der Waals surface area contributed by atoms with Crippen LogP contribution in [0, 0.1) is 6.92 Å². The molecule has 2 aromatic carbocycles. The Hall–Kier alpha value is -1.67. The van der Waals surface area contributed by atoms with Crippen molar-refractivity contribution in [3.8, 4) is 5.75 Å². The topological polar surface area (TPSA) is 32.3 Å². The minimum atomic E-state index is 0.181. The fourth-order valence-corrected chi connectivity index (χ4v) is 2.34. The van der Waals surface area contributed by atoms with Crippen LogP contribution in [0.3, 0.4) is 0 Å². The molecule has 0 fully saturated rings. The van der Waals surface area contributed by atoms with E-state index in [0.29, 0.717) is 0 Å². The van der Waals surface area contributed by atoms with Crippen LogP contribution in [0.25, 0.3) is 0 Å². The van der Waals surface area contributed by atoms with Gasteiger partial charge in [0, 0.05) is 0 Å². The maximum Gasteiger partial charge on any atom is 0.115 e. The smallest absolute Gasteiger partial charge is 0.115 e. The molecule has 0 heterocycles. The van der Waals surface area contributed by atoms with E-state index < -0.39 is 0 Å². The Morgan fingerprint density at radius 2 is 1.84 bits per heavy atom. The summed E-state index contributed by atoms with van der Waals surface area (Å²) in [7, 11) is 0. The van der Waals surface area contributed by atoms with Gasteiger partial charge in [-0.3, -0.25) is 0 Å². The first-order valence-electron chi connectivity index (χ1n) is 6.41. The molecule has 0 bridgehead atoms. The van der Waals surface area contributed by atoms with Crippen LogP contribution in [0.1, 0.15) is 30.5 Å². The quantitative estimate of drug-likeness (QED) is 0.830. The van der Waals surface area contributed by atoms with Crippen molar-refractivity contribution in [2.45, 2.75) is 26.3 Å². The number of benzene rings is 2. The number of phenolic OH excluding ortho intramolecular Hbond substituents is 1. The highest BCUT2D eigenvalue weighted by molar-refractivity contribution is 6.33. The van der Waals surface area contributed by atoms with Gasteiger partial charge in [-0.1, -0.05) is 36.7 Å². The summed E-state index contributed by atoms with van der Waals surface area (Å²) < 4.78 is 0. The number of aryl methyl sites for hydroxylation is 1. The number of hydrogen-bond acceptors (Lipinski definition) is 2. The van der Waals surface area contributed by atoms with Crippen LogP contribution < -0.4 is 5.32 Å². The highest BCUT2D eigenvalue weighted by Crippen LogP contribution is 2.29. The summed E-state index contributed by atoms with van der Waals surface area (Å²) in [6.45, 7) is 4.14. The predicted molar refractivity (Wildman–Crippen MR) is 81.0 cm³/mol. The molecule has 1 unspecified atom stereocenters. The van der Waals surface area contributed by atoms with Crippen LogP contribution in [0.5, 0.6) is 5.75 Å². The molecule has 0 amide bonds. The number of aromatic hydroxyl groups is 1. The summed E-state index contributed by atoms with van der Waals surface area (Å²) in [6.07, 6.45) is 0.939. The monoisotopic (exact) mass is 275 g/mol. The van der Waals surface area contributed by atoms with Gasteiger partial charge in [0.05, 0.1) is 16.8 Å². The molecular weight excluding hydrogens is 258 g/mol. The largest absolute Gasteiger partial charge is 0.508 e. The molecule has 2 nitrogen and oxygen atoms in total. The van der Waals surface area contributed by atoms with Crippen molar-refractivity contribution in [3.63, 3.8) is 0 Å². The molecule has 0 aliphatic rings. The number of rotatable bonds is 4. The lowest BCUT2D eigenvalue weighted by Gasteiger charge is -2.20. The highest BCUT2D eigenvalue weighted by Gasteiger charge is 2.10. The summed E-state index contributed by atoms with van der Waals surface area (Å²) in [5.74, 6) is 0.284. The summed E-state index contributed by atoms with van der Waals surface area (Å²) in [4.78, 5) is 0. The minimum absolute atomic E-state index is 0.181. The van der Waals surface area contributed by atoms with Gasteiger partial charge in [-0.2, -0.15) is 0 Å². The fraction of sp³-hybridized carbons (Fsp3) is 0.250. The first kappa shape index (κ1) is 13.8. The Kier molecular flexibility index (Phi) is 4.33. The molecule has 0 aromatic heterocycles. The summed E-state index contributed by atoms with van der Waals surface area (Å²) in [5.41, 5.74) is 3.22. The number of phenols is 1. The van der Waals surface area contributed by atoms with Crippen molar-refractivity contribution in [2.24, 2.45) is 0 Å². The van der Waals surface area contributed by atoms with Crippen LogP contribution >= 0.6 is 11.6 Å². The maximum atomic E-state index is 9.33. The van der Waals surface area contributed by atoms with Crippen molar-refractivity contribution in [3.05, 3.63) is 58.6 Å². The molecule has 0 aliphatic carbocycles. The molecular formula is C16H18ClNO. The van der Waals surface area contributed by atoms with Crippen LogP contribution in [-0.4, -0.2) is 5.11 Å². The molecule has 0 radical (unpaired) electrons. The van der Waals surface area contributed by atoms with E-state index in [1.807, 2.05) is 37.3 Å². The van der Waals surface area contributed by atoms with E-state index in [9.17, 15) is 5.11 Å². The second-order valence-corrected chi connectivity index (χ2v) is 5.09. The van der Waals surface area contributed by atoms with E-state index in [4.69, 9.17) is 11.6 Å². The van der Waals surface area contributed by atoms with E-state index >= 15 is 0 Å². The van der Waals surface area contributed by atoms with Crippen molar-refractivity contribution >= 4 is 17.3 Å². The summed E-state index contributed by atoms with van der Waals surface area (Å²) in [6, 6.07) is 13.4. The average molecular weight is 276 g/mol. The van der Waals surface area contributed by atoms with E-state index in [0.717, 1.165) is 28.3 Å². The fourth-order valence-electron chi connectivity index (χ4n) is 2.05. The zero-order valence-electron chi connectivity index (χ0n) is 11.2. The Labute approximate surface area is 119 Å². The molecule has 0 saturated heterocycles. The van der Waals surface area contributed by atoms with E-state index in [1.54, 1.807) is 12.1 Å². The Bertz CT molecular complexity index is 551. The van der Waals surface area contributed by atoms with Gasteiger partial charge < -0.3 is 10.4 Å². The van der Waals surface area contributed by atoms with E-state index in [1.165, 1.54) is 0 Å². The van der Waals surface area contributed by atoms with Gasteiger partial charge in [-0.05, 0) is 48.7 Å². The third kappa shape index (κ3) is 3.42. The first-order valence-corrected chi connectivity index (χ1v) is 6.79. The van der Waals surface area contributed by atoms with Gasteiger partial charge in [-0.15, -0.1) is 0 Å². The lowest BCUT2D eigenvalue weighted by molar-refractivity contribution is 0.475. The maximum absolute atomic E-state index is 9.33. The van der Waals surface area contributed by atoms with Gasteiger partial charge in [0.1, 0.15) is 5.75 Å². The van der Waals surface area contributed by atoms with E-state index in [2.05, 4.69) is 12.2 Å². The van der Waals surface area contributed by atoms with Crippen molar-refractivity contribution in [2.75, 3.05) is 5.32 Å². The predicted octanol–water partition coefficient (Wildman–Crippen LogP) is 4.92. The average Bonchev–Trinajstić information content (AvgIpc) is 2.39. The Balaban J connectivity index is 2.21.